The molecule has 1 aromatic carbocycles. The lowest BCUT2D eigenvalue weighted by molar-refractivity contribution is -0.230. The summed E-state index contributed by atoms with van der Waals surface area (Å²) in [4.78, 5) is 41.4. The smallest absolute Gasteiger partial charge is 0.224 e. The van der Waals surface area contributed by atoms with Crippen molar-refractivity contribution in [1.82, 2.24) is 9.47 Å². The number of nitrogens with zero attached hydrogens (tertiary/aromatic N) is 3. The maximum Gasteiger partial charge on any atom is 0.224 e. The number of aryl methyl sites for hydroxylation is 2. The fraction of sp³-hybridized carbons (Fsp3) is 0.533. The largest absolute Gasteiger partial charge is 0.490 e. The Kier molecular flexibility index (Phi) is 11.3. The molecule has 1 aromatic heterocycles. The molecule has 2 aliphatic heterocycles. The number of benzene rings is 1. The lowest BCUT2D eigenvalue weighted by Crippen LogP contribution is -2.51. The van der Waals surface area contributed by atoms with E-state index < -0.39 is 31.2 Å². The molecule has 43 heavy (non-hydrogen) atoms. The standard InChI is InChI=1S/C30H40N4O9/c1-19-10-26(42-29-13-24(38)30(40)27(17-36)43-29)25(12-23(19)31-14-21-6-3-4-8-34(21)18-37)41-9-5-7-28(39)32-20-11-22(16-35)33(2)15-20/h10-12,14-16,18,21,24,27,29-30,36,38,40H,3-9,13,17H2,1-2H3,(H,32,39)/t21-,24+,27+,29+,30+/m0/s1. The molecule has 2 amide bonds. The molecule has 2 saturated heterocycles. The number of hydrogen-bond donors (Lipinski definition) is 4. The van der Waals surface area contributed by atoms with Crippen molar-refractivity contribution in [3.8, 4) is 11.5 Å². The SMILES string of the molecule is Cc1cc(O[C@H]2C[C@@H](O)[C@@H](O)[C@@H](CO)O2)c(OCCCC(=O)Nc2cc(C=O)n(C)c2)cc1N=C[C@@H]1CCCCN1C=O. The molecule has 0 aliphatic carbocycles. The van der Waals surface area contributed by atoms with Gasteiger partial charge >= 0.3 is 0 Å². The number of carbonyl (C=O) groups is 3. The lowest BCUT2D eigenvalue weighted by atomic mass is 10.0. The zero-order valence-corrected chi connectivity index (χ0v) is 24.4. The van der Waals surface area contributed by atoms with Crippen LogP contribution in [0, 0.1) is 6.92 Å². The average Bonchev–Trinajstić information content (AvgIpc) is 3.35. The average molecular weight is 601 g/mol. The monoisotopic (exact) mass is 600 g/mol. The third kappa shape index (κ3) is 8.41. The Morgan fingerprint density at radius 1 is 1.21 bits per heavy atom. The number of rotatable bonds is 13. The number of aldehydes is 1. The van der Waals surface area contributed by atoms with Crippen molar-refractivity contribution in [3.05, 3.63) is 35.7 Å². The van der Waals surface area contributed by atoms with E-state index in [4.69, 9.17) is 14.2 Å². The van der Waals surface area contributed by atoms with E-state index >= 15 is 0 Å². The van der Waals surface area contributed by atoms with Crippen molar-refractivity contribution < 1.29 is 43.9 Å². The molecule has 2 aromatic rings. The first-order valence-electron chi connectivity index (χ1n) is 14.5. The van der Waals surface area contributed by atoms with Crippen LogP contribution in [-0.4, -0.2) is 100 Å². The number of aliphatic imine (C=N–C) groups is 1. The number of anilines is 1. The first kappa shape index (κ1) is 32.1. The number of nitrogens with one attached hydrogen (secondary N) is 1. The summed E-state index contributed by atoms with van der Waals surface area (Å²) in [6, 6.07) is 4.92. The molecule has 4 rings (SSSR count). The van der Waals surface area contributed by atoms with Gasteiger partial charge in [-0.25, -0.2) is 0 Å². The Labute approximate surface area is 250 Å². The summed E-state index contributed by atoms with van der Waals surface area (Å²) >= 11 is 0. The number of aliphatic hydroxyl groups excluding tert-OH is 3. The minimum atomic E-state index is -1.24. The predicted octanol–water partition coefficient (Wildman–Crippen LogP) is 1.86. The number of likely N-dealkylation sites (tertiary alicyclic amines) is 1. The Bertz CT molecular complexity index is 1300. The fourth-order valence-corrected chi connectivity index (χ4v) is 5.12. The van der Waals surface area contributed by atoms with Crippen LogP contribution >= 0.6 is 0 Å². The van der Waals surface area contributed by atoms with E-state index in [1.54, 1.807) is 47.1 Å². The summed E-state index contributed by atoms with van der Waals surface area (Å²) in [5.41, 5.74) is 2.35. The summed E-state index contributed by atoms with van der Waals surface area (Å²) < 4.78 is 19.3. The van der Waals surface area contributed by atoms with Gasteiger partial charge < -0.3 is 44.3 Å². The zero-order chi connectivity index (χ0) is 30.9. The minimum absolute atomic E-state index is 0.0231. The molecule has 2 aliphatic rings. The highest BCUT2D eigenvalue weighted by atomic mass is 16.7. The maximum absolute atomic E-state index is 12.4. The van der Waals surface area contributed by atoms with E-state index in [0.29, 0.717) is 47.8 Å². The van der Waals surface area contributed by atoms with Gasteiger partial charge in [0.05, 0.1) is 42.4 Å². The number of piperidine rings is 1. The molecule has 3 heterocycles. The van der Waals surface area contributed by atoms with Crippen LogP contribution < -0.4 is 14.8 Å². The molecule has 13 heteroatoms. The van der Waals surface area contributed by atoms with E-state index in [9.17, 15) is 29.7 Å². The van der Waals surface area contributed by atoms with Gasteiger partial charge in [0.25, 0.3) is 0 Å². The van der Waals surface area contributed by atoms with Gasteiger partial charge in [0.15, 0.2) is 17.8 Å². The van der Waals surface area contributed by atoms with Crippen molar-refractivity contribution >= 4 is 36.2 Å². The number of carbonyl (C=O) groups excluding carboxylic acids is 3. The molecule has 234 valence electrons. The number of aromatic nitrogens is 1. The number of ether oxygens (including phenoxy) is 3. The van der Waals surface area contributed by atoms with Gasteiger partial charge in [-0.15, -0.1) is 0 Å². The van der Waals surface area contributed by atoms with Gasteiger partial charge in [0.1, 0.15) is 12.2 Å². The molecule has 0 bridgehead atoms. The van der Waals surface area contributed by atoms with Crippen LogP contribution in [0.1, 0.15) is 54.6 Å². The molecule has 2 fully saturated rings. The van der Waals surface area contributed by atoms with Gasteiger partial charge in [0.2, 0.25) is 18.6 Å². The molecular formula is C30H40N4O9. The molecule has 13 nitrogen and oxygen atoms in total. The topological polar surface area (TPSA) is 172 Å². The van der Waals surface area contributed by atoms with E-state index in [-0.39, 0.29) is 31.4 Å². The Morgan fingerprint density at radius 3 is 2.74 bits per heavy atom. The van der Waals surface area contributed by atoms with Crippen LogP contribution in [0.15, 0.2) is 29.4 Å². The first-order chi connectivity index (χ1) is 20.7. The van der Waals surface area contributed by atoms with E-state index in [1.165, 1.54) is 0 Å². The highest BCUT2D eigenvalue weighted by molar-refractivity contribution is 5.91. The summed E-state index contributed by atoms with van der Waals surface area (Å²) in [5, 5.41) is 32.6. The van der Waals surface area contributed by atoms with Gasteiger partial charge in [0, 0.05) is 44.9 Å². The van der Waals surface area contributed by atoms with Crippen LogP contribution in [0.3, 0.4) is 0 Å². The number of amides is 2. The molecule has 0 unspecified atom stereocenters. The summed E-state index contributed by atoms with van der Waals surface area (Å²) in [6.07, 6.45) is 3.93. The van der Waals surface area contributed by atoms with Gasteiger partial charge in [-0.1, -0.05) is 0 Å². The van der Waals surface area contributed by atoms with Crippen molar-refractivity contribution in [2.24, 2.45) is 12.0 Å². The highest BCUT2D eigenvalue weighted by Crippen LogP contribution is 2.37. The Morgan fingerprint density at radius 2 is 2.02 bits per heavy atom. The van der Waals surface area contributed by atoms with Crippen molar-refractivity contribution in [1.29, 1.82) is 0 Å². The predicted molar refractivity (Wildman–Crippen MR) is 157 cm³/mol. The van der Waals surface area contributed by atoms with Gasteiger partial charge in [-0.05, 0) is 50.3 Å². The zero-order valence-electron chi connectivity index (χ0n) is 24.4. The van der Waals surface area contributed by atoms with Crippen LogP contribution in [0.5, 0.6) is 11.5 Å². The van der Waals surface area contributed by atoms with Crippen LogP contribution in [0.4, 0.5) is 11.4 Å². The quantitative estimate of drug-likeness (QED) is 0.152. The molecule has 0 spiro atoms. The molecule has 0 saturated carbocycles. The highest BCUT2D eigenvalue weighted by Gasteiger charge is 2.37. The van der Waals surface area contributed by atoms with Crippen molar-refractivity contribution in [2.45, 2.75) is 76.1 Å². The molecule has 0 radical (unpaired) electrons. The first-order valence-corrected chi connectivity index (χ1v) is 14.5. The second-order valence-corrected chi connectivity index (χ2v) is 10.9. The van der Waals surface area contributed by atoms with Gasteiger partial charge in [-0.2, -0.15) is 0 Å². The molecule has 5 atom stereocenters. The van der Waals surface area contributed by atoms with E-state index in [2.05, 4.69) is 10.3 Å². The maximum atomic E-state index is 12.4. The second-order valence-electron chi connectivity index (χ2n) is 10.9. The molecular weight excluding hydrogens is 560 g/mol. The van der Waals surface area contributed by atoms with Crippen molar-refractivity contribution in [2.75, 3.05) is 25.1 Å². The summed E-state index contributed by atoms with van der Waals surface area (Å²) in [5.74, 6) is 0.407. The third-order valence-electron chi connectivity index (χ3n) is 7.60. The van der Waals surface area contributed by atoms with E-state index in [0.717, 1.165) is 31.2 Å². The second kappa shape index (κ2) is 15.1. The normalized spacial score (nSPS) is 24.1. The Balaban J connectivity index is 1.46. The van der Waals surface area contributed by atoms with Crippen LogP contribution in [0.2, 0.25) is 0 Å². The lowest BCUT2D eigenvalue weighted by Gasteiger charge is -2.36. The molecule has 4 N–H and O–H groups in total. The minimum Gasteiger partial charge on any atom is -0.490 e. The van der Waals surface area contributed by atoms with Gasteiger partial charge in [-0.3, -0.25) is 19.4 Å². The summed E-state index contributed by atoms with van der Waals surface area (Å²) in [7, 11) is 1.71. The van der Waals surface area contributed by atoms with E-state index in [1.807, 2.05) is 6.92 Å². The van der Waals surface area contributed by atoms with Crippen LogP contribution in [0.25, 0.3) is 0 Å². The third-order valence-corrected chi connectivity index (χ3v) is 7.60. The summed E-state index contributed by atoms with van der Waals surface area (Å²) in [6.45, 7) is 2.21. The Hall–Kier alpha value is -3.78. The van der Waals surface area contributed by atoms with Crippen molar-refractivity contribution in [3.63, 3.8) is 0 Å². The fourth-order valence-electron chi connectivity index (χ4n) is 5.12. The number of aliphatic hydroxyl groups is 3. The van der Waals surface area contributed by atoms with Crippen LogP contribution in [-0.2, 0) is 21.4 Å². The number of hydrogen-bond acceptors (Lipinski definition) is 10.